The summed E-state index contributed by atoms with van der Waals surface area (Å²) < 4.78 is 2.40. The SMILES string of the molecule is CCCCNc1ncc2[se]c3nc4ccccc4cc3c2n1. The molecule has 0 radical (unpaired) electrons. The van der Waals surface area contributed by atoms with Crippen molar-refractivity contribution in [2.45, 2.75) is 19.8 Å². The second-order valence-corrected chi connectivity index (χ2v) is 7.49. The Morgan fingerprint density at radius 1 is 1.18 bits per heavy atom. The number of nitrogens with zero attached hydrogens (tertiary/aromatic N) is 3. The maximum absolute atomic E-state index is 4.82. The molecule has 4 aromatic rings. The van der Waals surface area contributed by atoms with Crippen molar-refractivity contribution < 1.29 is 0 Å². The van der Waals surface area contributed by atoms with E-state index in [2.05, 4.69) is 41.5 Å². The van der Waals surface area contributed by atoms with E-state index in [0.29, 0.717) is 0 Å². The van der Waals surface area contributed by atoms with Gasteiger partial charge in [0, 0.05) is 0 Å². The van der Waals surface area contributed by atoms with Crippen molar-refractivity contribution in [3.05, 3.63) is 36.5 Å². The molecule has 0 amide bonds. The Bertz CT molecular complexity index is 961. The number of rotatable bonds is 4. The molecule has 110 valence electrons. The average Bonchev–Trinajstić information content (AvgIpc) is 2.90. The molecule has 1 N–H and O–H groups in total. The number of fused-ring (bicyclic) bond motifs is 4. The number of hydrogen-bond acceptors (Lipinski definition) is 4. The van der Waals surface area contributed by atoms with E-state index >= 15 is 0 Å². The Morgan fingerprint density at radius 3 is 3.00 bits per heavy atom. The predicted molar refractivity (Wildman–Crippen MR) is 92.7 cm³/mol. The van der Waals surface area contributed by atoms with E-state index < -0.39 is 0 Å². The van der Waals surface area contributed by atoms with Crippen molar-refractivity contribution in [1.29, 1.82) is 0 Å². The number of benzene rings is 1. The van der Waals surface area contributed by atoms with Gasteiger partial charge in [0.25, 0.3) is 0 Å². The molecule has 0 aliphatic rings. The zero-order valence-electron chi connectivity index (χ0n) is 12.3. The van der Waals surface area contributed by atoms with Crippen LogP contribution in [0.1, 0.15) is 19.8 Å². The van der Waals surface area contributed by atoms with Crippen molar-refractivity contribution >= 4 is 50.9 Å². The van der Waals surface area contributed by atoms with E-state index in [1.54, 1.807) is 0 Å². The molecule has 0 atom stereocenters. The molecule has 0 bridgehead atoms. The van der Waals surface area contributed by atoms with Gasteiger partial charge in [-0.2, -0.15) is 0 Å². The van der Waals surface area contributed by atoms with Gasteiger partial charge in [0.1, 0.15) is 0 Å². The molecule has 0 aliphatic heterocycles. The van der Waals surface area contributed by atoms with Gasteiger partial charge in [0.05, 0.1) is 0 Å². The number of pyridine rings is 1. The van der Waals surface area contributed by atoms with Crippen molar-refractivity contribution in [2.75, 3.05) is 11.9 Å². The Balaban J connectivity index is 1.86. The van der Waals surface area contributed by atoms with Crippen LogP contribution in [0, 0.1) is 0 Å². The van der Waals surface area contributed by atoms with E-state index in [9.17, 15) is 0 Å². The van der Waals surface area contributed by atoms with Crippen molar-refractivity contribution in [1.82, 2.24) is 15.0 Å². The van der Waals surface area contributed by atoms with E-state index in [1.165, 1.54) is 25.8 Å². The second kappa shape index (κ2) is 5.67. The molecule has 5 heteroatoms. The summed E-state index contributed by atoms with van der Waals surface area (Å²) in [6.45, 7) is 3.10. The molecule has 0 saturated heterocycles. The third-order valence-electron chi connectivity index (χ3n) is 3.72. The molecule has 0 aliphatic carbocycles. The Kier molecular flexibility index (Phi) is 3.52. The van der Waals surface area contributed by atoms with Crippen LogP contribution in [0.15, 0.2) is 36.5 Å². The summed E-state index contributed by atoms with van der Waals surface area (Å²) in [6, 6.07) is 10.5. The first-order valence-electron chi connectivity index (χ1n) is 7.54. The normalized spacial score (nSPS) is 11.5. The number of aromatic nitrogens is 3. The molecule has 22 heavy (non-hydrogen) atoms. The molecular formula is C17H16N4Se. The zero-order valence-corrected chi connectivity index (χ0v) is 14.0. The first kappa shape index (κ1) is 13.7. The van der Waals surface area contributed by atoms with Crippen molar-refractivity contribution in [3.63, 3.8) is 0 Å². The van der Waals surface area contributed by atoms with Crippen LogP contribution in [-0.4, -0.2) is 36.0 Å². The molecule has 0 fully saturated rings. The third-order valence-corrected chi connectivity index (χ3v) is 5.87. The fourth-order valence-corrected chi connectivity index (χ4v) is 4.60. The van der Waals surface area contributed by atoms with Gasteiger partial charge in [-0.3, -0.25) is 0 Å². The first-order chi connectivity index (χ1) is 10.8. The first-order valence-corrected chi connectivity index (χ1v) is 9.25. The number of unbranched alkanes of at least 4 members (excludes halogenated alkanes) is 1. The molecule has 3 aromatic heterocycles. The molecule has 0 unspecified atom stereocenters. The van der Waals surface area contributed by atoms with Crippen LogP contribution < -0.4 is 5.32 Å². The standard InChI is InChI=1S/C17H16N4Se/c1-2-3-8-18-17-19-10-14-15(21-17)12-9-11-6-4-5-7-13(11)20-16(12)22-14/h4-7,9-10H,2-3,8H2,1H3,(H,18,19,21). The van der Waals surface area contributed by atoms with Gasteiger partial charge in [-0.25, -0.2) is 0 Å². The van der Waals surface area contributed by atoms with Crippen LogP contribution in [0.25, 0.3) is 30.5 Å². The van der Waals surface area contributed by atoms with Crippen LogP contribution in [0.2, 0.25) is 0 Å². The number of para-hydroxylation sites is 1. The summed E-state index contributed by atoms with van der Waals surface area (Å²) in [4.78, 5) is 14.0. The van der Waals surface area contributed by atoms with Gasteiger partial charge in [0.2, 0.25) is 0 Å². The van der Waals surface area contributed by atoms with Gasteiger partial charge < -0.3 is 0 Å². The summed E-state index contributed by atoms with van der Waals surface area (Å²) >= 11 is 0.205. The summed E-state index contributed by atoms with van der Waals surface area (Å²) in [5.41, 5.74) is 2.12. The Hall–Kier alpha value is -1.97. The minimum atomic E-state index is 0.205. The summed E-state index contributed by atoms with van der Waals surface area (Å²) in [6.07, 6.45) is 4.26. The van der Waals surface area contributed by atoms with Gasteiger partial charge >= 0.3 is 134 Å². The summed E-state index contributed by atoms with van der Waals surface area (Å²) in [7, 11) is 0. The van der Waals surface area contributed by atoms with Crippen LogP contribution in [0.3, 0.4) is 0 Å². The maximum atomic E-state index is 4.82. The fraction of sp³-hybridized carbons (Fsp3) is 0.235. The summed E-state index contributed by atoms with van der Waals surface area (Å²) in [5, 5.41) is 5.65. The van der Waals surface area contributed by atoms with E-state index in [0.717, 1.165) is 29.9 Å². The van der Waals surface area contributed by atoms with E-state index in [4.69, 9.17) is 9.97 Å². The minimum absolute atomic E-state index is 0.205. The number of anilines is 1. The van der Waals surface area contributed by atoms with Crippen LogP contribution >= 0.6 is 0 Å². The van der Waals surface area contributed by atoms with Gasteiger partial charge in [-0.15, -0.1) is 0 Å². The fourth-order valence-electron chi connectivity index (χ4n) is 2.55. The van der Waals surface area contributed by atoms with Crippen molar-refractivity contribution in [3.8, 4) is 0 Å². The number of hydrogen-bond donors (Lipinski definition) is 1. The van der Waals surface area contributed by atoms with Gasteiger partial charge in [0.15, 0.2) is 0 Å². The molecule has 1 aromatic carbocycles. The quantitative estimate of drug-likeness (QED) is 0.449. The molecular weight excluding hydrogens is 339 g/mol. The predicted octanol–water partition coefficient (Wildman–Crippen LogP) is 3.60. The Labute approximate surface area is 134 Å². The van der Waals surface area contributed by atoms with Gasteiger partial charge in [-0.05, 0) is 0 Å². The average molecular weight is 355 g/mol. The molecule has 4 nitrogen and oxygen atoms in total. The monoisotopic (exact) mass is 356 g/mol. The number of nitrogens with one attached hydrogen (secondary N) is 1. The third kappa shape index (κ3) is 2.36. The second-order valence-electron chi connectivity index (χ2n) is 5.32. The van der Waals surface area contributed by atoms with E-state index in [1.807, 2.05) is 12.3 Å². The van der Waals surface area contributed by atoms with Crippen LogP contribution in [0.5, 0.6) is 0 Å². The molecule has 0 saturated carbocycles. The van der Waals surface area contributed by atoms with Crippen molar-refractivity contribution in [2.24, 2.45) is 0 Å². The topological polar surface area (TPSA) is 50.7 Å². The molecule has 4 rings (SSSR count). The Morgan fingerprint density at radius 2 is 2.09 bits per heavy atom. The zero-order chi connectivity index (χ0) is 14.9. The van der Waals surface area contributed by atoms with E-state index in [-0.39, 0.29) is 14.5 Å². The van der Waals surface area contributed by atoms with Gasteiger partial charge in [-0.1, -0.05) is 0 Å². The van der Waals surface area contributed by atoms with Crippen LogP contribution in [-0.2, 0) is 0 Å². The molecule has 0 spiro atoms. The molecule has 3 heterocycles. The van der Waals surface area contributed by atoms with Crippen LogP contribution in [0.4, 0.5) is 5.95 Å². The summed E-state index contributed by atoms with van der Waals surface area (Å²) in [5.74, 6) is 0.726.